The number of sulfonamides is 1. The van der Waals surface area contributed by atoms with E-state index in [9.17, 15) is 13.2 Å². The number of rotatable bonds is 9. The third kappa shape index (κ3) is 6.53. The molecule has 32 heavy (non-hydrogen) atoms. The van der Waals surface area contributed by atoms with E-state index in [0.717, 1.165) is 5.56 Å². The van der Waals surface area contributed by atoms with Gasteiger partial charge >= 0.3 is 0 Å². The van der Waals surface area contributed by atoms with Crippen LogP contribution in [0.5, 0.6) is 11.5 Å². The second-order valence-electron chi connectivity index (χ2n) is 6.62. The van der Waals surface area contributed by atoms with Crippen LogP contribution in [0, 0.1) is 0 Å². The Balaban J connectivity index is 1.57. The van der Waals surface area contributed by atoms with Gasteiger partial charge in [-0.25, -0.2) is 8.42 Å². The molecule has 3 aromatic carbocycles. The molecule has 0 aromatic heterocycles. The maximum absolute atomic E-state index is 12.6. The summed E-state index contributed by atoms with van der Waals surface area (Å²) in [4.78, 5) is 12.0. The predicted octanol–water partition coefficient (Wildman–Crippen LogP) is 4.50. The molecule has 0 bridgehead atoms. The zero-order valence-corrected chi connectivity index (χ0v) is 19.3. The number of halogens is 2. The van der Waals surface area contributed by atoms with E-state index < -0.39 is 10.0 Å². The van der Waals surface area contributed by atoms with Crippen molar-refractivity contribution in [3.8, 4) is 11.5 Å². The van der Waals surface area contributed by atoms with E-state index in [1.807, 2.05) is 0 Å². The minimum Gasteiger partial charge on any atom is -0.497 e. The fourth-order valence-corrected chi connectivity index (χ4v) is 4.15. The summed E-state index contributed by atoms with van der Waals surface area (Å²) in [5.74, 6) is 0.445. The molecule has 2 N–H and O–H groups in total. The van der Waals surface area contributed by atoms with Crippen molar-refractivity contribution in [1.82, 2.24) is 5.32 Å². The molecular weight excluding hydrogens is 475 g/mol. The van der Waals surface area contributed by atoms with Crippen LogP contribution in [-0.4, -0.2) is 28.0 Å². The van der Waals surface area contributed by atoms with Crippen LogP contribution in [0.3, 0.4) is 0 Å². The highest BCUT2D eigenvalue weighted by Crippen LogP contribution is 2.28. The molecule has 0 saturated carbocycles. The van der Waals surface area contributed by atoms with Crippen LogP contribution in [0.1, 0.15) is 5.56 Å². The standard InChI is InChI=1S/C22H20Cl2N2O5S/c1-30-18-8-6-17(7-9-18)26-32(28,29)19-10-11-21(20(24)12-19)31-14-22(27)25-13-15-2-4-16(23)5-3-15/h2-12,26H,13-14H2,1H3,(H,25,27). The summed E-state index contributed by atoms with van der Waals surface area (Å²) in [6.45, 7) is 0.0464. The van der Waals surface area contributed by atoms with E-state index in [0.29, 0.717) is 23.0 Å². The van der Waals surface area contributed by atoms with Gasteiger partial charge in [0.25, 0.3) is 15.9 Å². The summed E-state index contributed by atoms with van der Waals surface area (Å²) < 4.78 is 38.2. The molecule has 1 amide bonds. The number of benzene rings is 3. The second-order valence-corrected chi connectivity index (χ2v) is 9.14. The molecule has 0 aliphatic rings. The number of anilines is 1. The Morgan fingerprint density at radius 1 is 0.969 bits per heavy atom. The molecule has 0 aliphatic carbocycles. The van der Waals surface area contributed by atoms with Gasteiger partial charge in [0.2, 0.25) is 0 Å². The van der Waals surface area contributed by atoms with Gasteiger partial charge in [-0.05, 0) is 60.2 Å². The smallest absolute Gasteiger partial charge is 0.261 e. The molecule has 0 radical (unpaired) electrons. The van der Waals surface area contributed by atoms with Crippen LogP contribution in [-0.2, 0) is 21.4 Å². The molecular formula is C22H20Cl2N2O5S. The molecule has 0 heterocycles. The number of carbonyl (C=O) groups is 1. The molecule has 168 valence electrons. The van der Waals surface area contributed by atoms with Gasteiger partial charge in [0.15, 0.2) is 6.61 Å². The van der Waals surface area contributed by atoms with Gasteiger partial charge in [-0.2, -0.15) is 0 Å². The van der Waals surface area contributed by atoms with Crippen molar-refractivity contribution in [2.45, 2.75) is 11.4 Å². The van der Waals surface area contributed by atoms with Crippen molar-refractivity contribution < 1.29 is 22.7 Å². The quantitative estimate of drug-likeness (QED) is 0.456. The average molecular weight is 495 g/mol. The first-order valence-electron chi connectivity index (χ1n) is 9.37. The first-order chi connectivity index (χ1) is 15.3. The van der Waals surface area contributed by atoms with Gasteiger partial charge in [-0.1, -0.05) is 35.3 Å². The first kappa shape index (κ1) is 23.7. The molecule has 3 rings (SSSR count). The molecule has 10 heteroatoms. The molecule has 0 atom stereocenters. The third-order valence-corrected chi connectivity index (χ3v) is 6.24. The Kier molecular flexibility index (Phi) is 7.84. The number of amides is 1. The minimum absolute atomic E-state index is 0.0437. The third-order valence-electron chi connectivity index (χ3n) is 4.32. The maximum Gasteiger partial charge on any atom is 0.261 e. The normalized spacial score (nSPS) is 11.0. The fourth-order valence-electron chi connectivity index (χ4n) is 2.64. The van der Waals surface area contributed by atoms with Crippen LogP contribution in [0.15, 0.2) is 71.6 Å². The average Bonchev–Trinajstić information content (AvgIpc) is 2.78. The SMILES string of the molecule is COc1ccc(NS(=O)(=O)c2ccc(OCC(=O)NCc3ccc(Cl)cc3)c(Cl)c2)cc1. The molecule has 3 aromatic rings. The van der Waals surface area contributed by atoms with Crippen molar-refractivity contribution in [1.29, 1.82) is 0 Å². The summed E-state index contributed by atoms with van der Waals surface area (Å²) in [7, 11) is -2.34. The second kappa shape index (κ2) is 10.6. The van der Waals surface area contributed by atoms with E-state index in [1.165, 1.54) is 25.3 Å². The zero-order valence-electron chi connectivity index (χ0n) is 17.0. The Labute approximate surface area is 196 Å². The largest absolute Gasteiger partial charge is 0.497 e. The van der Waals surface area contributed by atoms with Crippen molar-refractivity contribution in [2.75, 3.05) is 18.4 Å². The van der Waals surface area contributed by atoms with Gasteiger partial charge in [-0.15, -0.1) is 0 Å². The van der Waals surface area contributed by atoms with Gasteiger partial charge in [-0.3, -0.25) is 9.52 Å². The summed E-state index contributed by atoms with van der Waals surface area (Å²) >= 11 is 12.0. The lowest BCUT2D eigenvalue weighted by Crippen LogP contribution is -2.28. The van der Waals surface area contributed by atoms with Crippen LogP contribution < -0.4 is 19.5 Å². The lowest BCUT2D eigenvalue weighted by molar-refractivity contribution is -0.123. The highest BCUT2D eigenvalue weighted by molar-refractivity contribution is 7.92. The Bertz CT molecular complexity index is 1180. The lowest BCUT2D eigenvalue weighted by atomic mass is 10.2. The Morgan fingerprint density at radius 2 is 1.66 bits per heavy atom. The van der Waals surface area contributed by atoms with Crippen LogP contribution in [0.4, 0.5) is 5.69 Å². The van der Waals surface area contributed by atoms with Crippen LogP contribution >= 0.6 is 23.2 Å². The molecule has 0 aliphatic heterocycles. The number of hydrogen-bond donors (Lipinski definition) is 2. The Morgan fingerprint density at radius 3 is 2.28 bits per heavy atom. The highest BCUT2D eigenvalue weighted by Gasteiger charge is 2.17. The van der Waals surface area contributed by atoms with E-state index >= 15 is 0 Å². The van der Waals surface area contributed by atoms with Crippen molar-refractivity contribution in [2.24, 2.45) is 0 Å². The molecule has 7 nitrogen and oxygen atoms in total. The minimum atomic E-state index is -3.87. The number of ether oxygens (including phenoxy) is 2. The van der Waals surface area contributed by atoms with Gasteiger partial charge in [0.1, 0.15) is 11.5 Å². The van der Waals surface area contributed by atoms with E-state index in [-0.39, 0.29) is 28.2 Å². The molecule has 0 fully saturated rings. The molecule has 0 unspecified atom stereocenters. The zero-order chi connectivity index (χ0) is 23.1. The monoisotopic (exact) mass is 494 g/mol. The van der Waals surface area contributed by atoms with Crippen molar-refractivity contribution in [3.05, 3.63) is 82.3 Å². The Hall–Kier alpha value is -2.94. The van der Waals surface area contributed by atoms with E-state index in [2.05, 4.69) is 10.0 Å². The number of nitrogens with one attached hydrogen (secondary N) is 2. The maximum atomic E-state index is 12.6. The van der Waals surface area contributed by atoms with E-state index in [1.54, 1.807) is 48.5 Å². The summed E-state index contributed by atoms with van der Waals surface area (Å²) in [5, 5.41) is 3.39. The highest BCUT2D eigenvalue weighted by atomic mass is 35.5. The van der Waals surface area contributed by atoms with Crippen molar-refractivity contribution in [3.63, 3.8) is 0 Å². The predicted molar refractivity (Wildman–Crippen MR) is 124 cm³/mol. The van der Waals surface area contributed by atoms with Gasteiger partial charge in [0, 0.05) is 17.3 Å². The summed E-state index contributed by atoms with van der Waals surface area (Å²) in [6, 6.07) is 17.5. The van der Waals surface area contributed by atoms with Crippen molar-refractivity contribution >= 4 is 44.8 Å². The van der Waals surface area contributed by atoms with Gasteiger partial charge in [0.05, 0.1) is 17.0 Å². The number of carbonyl (C=O) groups excluding carboxylic acids is 1. The topological polar surface area (TPSA) is 93.7 Å². The van der Waals surface area contributed by atoms with Gasteiger partial charge < -0.3 is 14.8 Å². The molecule has 0 saturated heterocycles. The number of methoxy groups -OCH3 is 1. The summed E-state index contributed by atoms with van der Waals surface area (Å²) in [5.41, 5.74) is 1.26. The van der Waals surface area contributed by atoms with E-state index in [4.69, 9.17) is 32.7 Å². The first-order valence-corrected chi connectivity index (χ1v) is 11.6. The number of hydrogen-bond acceptors (Lipinski definition) is 5. The molecule has 0 spiro atoms. The fraction of sp³-hybridized carbons (Fsp3) is 0.136. The summed E-state index contributed by atoms with van der Waals surface area (Å²) in [6.07, 6.45) is 0. The van der Waals surface area contributed by atoms with Crippen LogP contribution in [0.25, 0.3) is 0 Å². The van der Waals surface area contributed by atoms with Crippen LogP contribution in [0.2, 0.25) is 10.0 Å². The lowest BCUT2D eigenvalue weighted by Gasteiger charge is -2.12.